The highest BCUT2D eigenvalue weighted by Crippen LogP contribution is 2.12. The van der Waals surface area contributed by atoms with Crippen LogP contribution in [-0.4, -0.2) is 16.2 Å². The summed E-state index contributed by atoms with van der Waals surface area (Å²) in [5, 5.41) is 9.88. The molecule has 1 unspecified atom stereocenters. The fourth-order valence-electron chi connectivity index (χ4n) is 1.90. The van der Waals surface area contributed by atoms with Gasteiger partial charge in [-0.05, 0) is 49.1 Å². The molecule has 0 aliphatic heterocycles. The largest absolute Gasteiger partial charge is 0.393 e. The molecule has 1 atom stereocenters. The van der Waals surface area contributed by atoms with E-state index in [1.54, 1.807) is 6.20 Å². The predicted octanol–water partition coefficient (Wildman–Crippen LogP) is 2.90. The fourth-order valence-corrected chi connectivity index (χ4v) is 1.90. The molecule has 4 heteroatoms. The van der Waals surface area contributed by atoms with Crippen molar-refractivity contribution in [2.45, 2.75) is 25.4 Å². The summed E-state index contributed by atoms with van der Waals surface area (Å²) >= 11 is 0. The SMILES string of the molecule is OC(CCc1ccccn1)Cc1ccc(F)c(F)c1. The van der Waals surface area contributed by atoms with Gasteiger partial charge in [-0.15, -0.1) is 0 Å². The molecule has 1 aromatic heterocycles. The van der Waals surface area contributed by atoms with Crippen LogP contribution in [0.2, 0.25) is 0 Å². The lowest BCUT2D eigenvalue weighted by atomic mass is 10.0. The van der Waals surface area contributed by atoms with Crippen LogP contribution < -0.4 is 0 Å². The number of aliphatic hydroxyl groups excluding tert-OH is 1. The number of rotatable bonds is 5. The van der Waals surface area contributed by atoms with E-state index in [9.17, 15) is 13.9 Å². The predicted molar refractivity (Wildman–Crippen MR) is 68.6 cm³/mol. The molecular weight excluding hydrogens is 248 g/mol. The number of pyridine rings is 1. The summed E-state index contributed by atoms with van der Waals surface area (Å²) in [5.41, 5.74) is 1.50. The van der Waals surface area contributed by atoms with Gasteiger partial charge in [0.2, 0.25) is 0 Å². The molecule has 2 rings (SSSR count). The van der Waals surface area contributed by atoms with E-state index < -0.39 is 17.7 Å². The highest BCUT2D eigenvalue weighted by Gasteiger charge is 2.09. The second-order valence-electron chi connectivity index (χ2n) is 4.47. The van der Waals surface area contributed by atoms with Crippen LogP contribution in [0.3, 0.4) is 0 Å². The third-order valence-corrected chi connectivity index (χ3v) is 2.92. The molecule has 1 heterocycles. The Kier molecular flexibility index (Phi) is 4.58. The molecule has 2 aromatic rings. The molecule has 0 amide bonds. The first-order chi connectivity index (χ1) is 9.15. The highest BCUT2D eigenvalue weighted by molar-refractivity contribution is 5.18. The molecule has 0 aliphatic rings. The van der Waals surface area contributed by atoms with Crippen LogP contribution in [0.1, 0.15) is 17.7 Å². The van der Waals surface area contributed by atoms with Gasteiger partial charge in [0, 0.05) is 11.9 Å². The third kappa shape index (κ3) is 4.10. The minimum atomic E-state index is -0.880. The molecule has 0 fully saturated rings. The molecule has 0 aliphatic carbocycles. The minimum absolute atomic E-state index is 0.310. The second-order valence-corrected chi connectivity index (χ2v) is 4.47. The topological polar surface area (TPSA) is 33.1 Å². The summed E-state index contributed by atoms with van der Waals surface area (Å²) in [5.74, 6) is -1.75. The van der Waals surface area contributed by atoms with Crippen LogP contribution in [0.5, 0.6) is 0 Å². The monoisotopic (exact) mass is 263 g/mol. The molecule has 2 nitrogen and oxygen atoms in total. The van der Waals surface area contributed by atoms with Gasteiger partial charge in [0.15, 0.2) is 11.6 Å². The summed E-state index contributed by atoms with van der Waals surface area (Å²) in [7, 11) is 0. The first kappa shape index (κ1) is 13.6. The van der Waals surface area contributed by atoms with Gasteiger partial charge >= 0.3 is 0 Å². The van der Waals surface area contributed by atoms with Crippen molar-refractivity contribution in [1.82, 2.24) is 4.98 Å². The van der Waals surface area contributed by atoms with Crippen LogP contribution in [0.4, 0.5) is 8.78 Å². The van der Waals surface area contributed by atoms with Crippen molar-refractivity contribution in [2.75, 3.05) is 0 Å². The van der Waals surface area contributed by atoms with E-state index in [1.165, 1.54) is 6.07 Å². The second kappa shape index (κ2) is 6.38. The Morgan fingerprint density at radius 1 is 1.11 bits per heavy atom. The standard InChI is InChI=1S/C15H15F2NO/c16-14-7-4-11(10-15(14)17)9-13(19)6-5-12-3-1-2-8-18-12/h1-4,7-8,10,13,19H,5-6,9H2. The van der Waals surface area contributed by atoms with Crippen LogP contribution >= 0.6 is 0 Å². The van der Waals surface area contributed by atoms with Crippen molar-refractivity contribution in [3.05, 3.63) is 65.5 Å². The Hall–Kier alpha value is -1.81. The summed E-state index contributed by atoms with van der Waals surface area (Å²) in [6.45, 7) is 0. The van der Waals surface area contributed by atoms with Crippen molar-refractivity contribution < 1.29 is 13.9 Å². The lowest BCUT2D eigenvalue weighted by molar-refractivity contribution is 0.164. The van der Waals surface area contributed by atoms with Crippen molar-refractivity contribution in [3.8, 4) is 0 Å². The Balaban J connectivity index is 1.87. The molecule has 0 saturated heterocycles. The summed E-state index contributed by atoms with van der Waals surface area (Å²) in [6.07, 6.45) is 2.62. The number of aliphatic hydroxyl groups is 1. The van der Waals surface area contributed by atoms with E-state index in [2.05, 4.69) is 4.98 Å². The van der Waals surface area contributed by atoms with Crippen LogP contribution in [0.25, 0.3) is 0 Å². The van der Waals surface area contributed by atoms with Gasteiger partial charge < -0.3 is 5.11 Å². The van der Waals surface area contributed by atoms with Gasteiger partial charge in [-0.25, -0.2) is 8.78 Å². The first-order valence-electron chi connectivity index (χ1n) is 6.17. The average molecular weight is 263 g/mol. The van der Waals surface area contributed by atoms with Crippen molar-refractivity contribution in [1.29, 1.82) is 0 Å². The maximum atomic E-state index is 13.0. The van der Waals surface area contributed by atoms with E-state index in [1.807, 2.05) is 18.2 Å². The van der Waals surface area contributed by atoms with Crippen LogP contribution in [0.15, 0.2) is 42.6 Å². The van der Waals surface area contributed by atoms with Gasteiger partial charge in [-0.1, -0.05) is 12.1 Å². The van der Waals surface area contributed by atoms with E-state index in [4.69, 9.17) is 0 Å². The maximum Gasteiger partial charge on any atom is 0.159 e. The first-order valence-corrected chi connectivity index (χ1v) is 6.17. The Bertz CT molecular complexity index is 531. The smallest absolute Gasteiger partial charge is 0.159 e. The summed E-state index contributed by atoms with van der Waals surface area (Å²) < 4.78 is 25.8. The Morgan fingerprint density at radius 2 is 1.95 bits per heavy atom. The van der Waals surface area contributed by atoms with E-state index in [-0.39, 0.29) is 0 Å². The molecule has 1 aromatic carbocycles. The number of hydrogen-bond donors (Lipinski definition) is 1. The van der Waals surface area contributed by atoms with Gasteiger partial charge in [-0.2, -0.15) is 0 Å². The zero-order chi connectivity index (χ0) is 13.7. The fraction of sp³-hybridized carbons (Fsp3) is 0.267. The molecule has 19 heavy (non-hydrogen) atoms. The zero-order valence-electron chi connectivity index (χ0n) is 10.4. The molecule has 0 spiro atoms. The number of aryl methyl sites for hydroxylation is 1. The Morgan fingerprint density at radius 3 is 2.63 bits per heavy atom. The van der Waals surface area contributed by atoms with Gasteiger partial charge in [0.1, 0.15) is 0 Å². The quantitative estimate of drug-likeness (QED) is 0.899. The van der Waals surface area contributed by atoms with Crippen molar-refractivity contribution in [3.63, 3.8) is 0 Å². The van der Waals surface area contributed by atoms with Gasteiger partial charge in [-0.3, -0.25) is 4.98 Å². The lowest BCUT2D eigenvalue weighted by Gasteiger charge is -2.10. The molecule has 0 bridgehead atoms. The number of nitrogens with zero attached hydrogens (tertiary/aromatic N) is 1. The minimum Gasteiger partial charge on any atom is -0.393 e. The van der Waals surface area contributed by atoms with Gasteiger partial charge in [0.05, 0.1) is 6.10 Å². The lowest BCUT2D eigenvalue weighted by Crippen LogP contribution is -2.12. The van der Waals surface area contributed by atoms with Crippen molar-refractivity contribution >= 4 is 0 Å². The van der Waals surface area contributed by atoms with E-state index >= 15 is 0 Å². The molecular formula is C15H15F2NO. The highest BCUT2D eigenvalue weighted by atomic mass is 19.2. The normalized spacial score (nSPS) is 12.4. The third-order valence-electron chi connectivity index (χ3n) is 2.92. The van der Waals surface area contributed by atoms with Gasteiger partial charge in [0.25, 0.3) is 0 Å². The summed E-state index contributed by atoms with van der Waals surface area (Å²) in [4.78, 5) is 4.16. The van der Waals surface area contributed by atoms with Crippen molar-refractivity contribution in [2.24, 2.45) is 0 Å². The number of benzene rings is 1. The van der Waals surface area contributed by atoms with Crippen LogP contribution in [-0.2, 0) is 12.8 Å². The molecule has 1 N–H and O–H groups in total. The average Bonchev–Trinajstić information content (AvgIpc) is 2.42. The molecule has 0 radical (unpaired) electrons. The zero-order valence-corrected chi connectivity index (χ0v) is 10.4. The Labute approximate surface area is 110 Å². The van der Waals surface area contributed by atoms with E-state index in [0.717, 1.165) is 17.8 Å². The number of halogens is 2. The maximum absolute atomic E-state index is 13.0. The van der Waals surface area contributed by atoms with E-state index in [0.29, 0.717) is 24.8 Å². The molecule has 0 saturated carbocycles. The number of aromatic nitrogens is 1. The number of hydrogen-bond acceptors (Lipinski definition) is 2. The van der Waals surface area contributed by atoms with Crippen LogP contribution in [0, 0.1) is 11.6 Å². The molecule has 100 valence electrons. The summed E-state index contributed by atoms with van der Waals surface area (Å²) in [6, 6.07) is 9.31.